The second kappa shape index (κ2) is 8.21. The van der Waals surface area contributed by atoms with Crippen molar-refractivity contribution in [2.75, 3.05) is 5.75 Å². The molecule has 0 unspecified atom stereocenters. The predicted octanol–water partition coefficient (Wildman–Crippen LogP) is 3.73. The van der Waals surface area contributed by atoms with E-state index >= 15 is 0 Å². The number of hydrogen-bond donors (Lipinski definition) is 0. The molecule has 0 aliphatic rings. The van der Waals surface area contributed by atoms with Crippen LogP contribution in [0, 0.1) is 0 Å². The number of aromatic nitrogens is 5. The summed E-state index contributed by atoms with van der Waals surface area (Å²) in [6, 6.07) is 10.2. The van der Waals surface area contributed by atoms with Gasteiger partial charge in [0.05, 0.1) is 6.20 Å². The van der Waals surface area contributed by atoms with Gasteiger partial charge < -0.3 is 0 Å². The van der Waals surface area contributed by atoms with Gasteiger partial charge in [0.15, 0.2) is 11.0 Å². The van der Waals surface area contributed by atoms with Gasteiger partial charge in [0.1, 0.15) is 5.69 Å². The summed E-state index contributed by atoms with van der Waals surface area (Å²) in [5.74, 6) is 1.52. The van der Waals surface area contributed by atoms with Crippen LogP contribution in [0.4, 0.5) is 0 Å². The fourth-order valence-corrected chi connectivity index (χ4v) is 2.92. The summed E-state index contributed by atoms with van der Waals surface area (Å²) in [4.78, 5) is 8.39. The summed E-state index contributed by atoms with van der Waals surface area (Å²) in [6.07, 6.45) is 11.0. The molecule has 0 saturated carbocycles. The Balaban J connectivity index is 1.73. The van der Waals surface area contributed by atoms with Crippen molar-refractivity contribution in [1.82, 2.24) is 24.7 Å². The first-order valence-electron chi connectivity index (χ1n) is 7.53. The van der Waals surface area contributed by atoms with Crippen LogP contribution in [0.1, 0.15) is 5.56 Å². The third-order valence-corrected chi connectivity index (χ3v) is 4.16. The number of allylic oxidation sites excluding steroid dienone is 1. The van der Waals surface area contributed by atoms with Crippen molar-refractivity contribution >= 4 is 17.8 Å². The minimum atomic E-state index is 0.629. The highest BCUT2D eigenvalue weighted by Crippen LogP contribution is 2.22. The normalized spacial score (nSPS) is 11.0. The first kappa shape index (κ1) is 16.1. The number of thioether (sulfide) groups is 1. The monoisotopic (exact) mass is 335 g/mol. The van der Waals surface area contributed by atoms with Crippen LogP contribution >= 0.6 is 11.8 Å². The molecule has 0 spiro atoms. The van der Waals surface area contributed by atoms with Crippen molar-refractivity contribution < 1.29 is 0 Å². The molecule has 1 aromatic carbocycles. The largest absolute Gasteiger partial charge is 0.297 e. The molecule has 0 aliphatic carbocycles. The molecule has 6 heteroatoms. The molecule has 0 amide bonds. The molecule has 0 N–H and O–H groups in total. The lowest BCUT2D eigenvalue weighted by atomic mass is 10.2. The van der Waals surface area contributed by atoms with Crippen molar-refractivity contribution in [3.8, 4) is 11.5 Å². The highest BCUT2D eigenvalue weighted by atomic mass is 32.2. The van der Waals surface area contributed by atoms with E-state index in [1.54, 1.807) is 30.4 Å². The average molecular weight is 335 g/mol. The minimum absolute atomic E-state index is 0.629. The molecule has 120 valence electrons. The predicted molar refractivity (Wildman–Crippen MR) is 97.4 cm³/mol. The minimum Gasteiger partial charge on any atom is -0.297 e. The summed E-state index contributed by atoms with van der Waals surface area (Å²) >= 11 is 1.63. The number of hydrogen-bond acceptors (Lipinski definition) is 5. The first-order chi connectivity index (χ1) is 11.9. The van der Waals surface area contributed by atoms with Gasteiger partial charge in [-0.2, -0.15) is 0 Å². The molecule has 0 fully saturated rings. The highest BCUT2D eigenvalue weighted by Gasteiger charge is 2.13. The van der Waals surface area contributed by atoms with Gasteiger partial charge in [0.2, 0.25) is 0 Å². The molecule has 0 bridgehead atoms. The van der Waals surface area contributed by atoms with Crippen LogP contribution in [0.5, 0.6) is 0 Å². The van der Waals surface area contributed by atoms with E-state index < -0.39 is 0 Å². The molecule has 0 aliphatic heterocycles. The molecule has 3 aromatic rings. The van der Waals surface area contributed by atoms with Gasteiger partial charge >= 0.3 is 0 Å². The van der Waals surface area contributed by atoms with E-state index in [0.29, 0.717) is 18.1 Å². The summed E-state index contributed by atoms with van der Waals surface area (Å²) in [6.45, 7) is 4.44. The maximum Gasteiger partial charge on any atom is 0.192 e. The van der Waals surface area contributed by atoms with Gasteiger partial charge in [-0.1, -0.05) is 60.3 Å². The quantitative estimate of drug-likeness (QED) is 0.486. The van der Waals surface area contributed by atoms with Gasteiger partial charge in [-0.25, -0.2) is 4.98 Å². The zero-order chi connectivity index (χ0) is 16.6. The lowest BCUT2D eigenvalue weighted by Crippen LogP contribution is -2.01. The molecular weight excluding hydrogens is 318 g/mol. The molecule has 5 nitrogen and oxygen atoms in total. The average Bonchev–Trinajstić information content (AvgIpc) is 3.03. The molecule has 2 aromatic heterocycles. The van der Waals surface area contributed by atoms with Gasteiger partial charge in [-0.15, -0.1) is 16.8 Å². The smallest absolute Gasteiger partial charge is 0.192 e. The van der Waals surface area contributed by atoms with E-state index in [1.807, 2.05) is 28.8 Å². The molecule has 3 rings (SSSR count). The zero-order valence-electron chi connectivity index (χ0n) is 13.1. The van der Waals surface area contributed by atoms with Crippen molar-refractivity contribution in [2.24, 2.45) is 0 Å². The molecule has 24 heavy (non-hydrogen) atoms. The van der Waals surface area contributed by atoms with Gasteiger partial charge in [0.25, 0.3) is 0 Å². The number of nitrogens with zero attached hydrogens (tertiary/aromatic N) is 5. The fourth-order valence-electron chi connectivity index (χ4n) is 2.16. The van der Waals surface area contributed by atoms with Crippen LogP contribution in [0.15, 0.2) is 72.8 Å². The fraction of sp³-hybridized carbons (Fsp3) is 0.111. The summed E-state index contributed by atoms with van der Waals surface area (Å²) < 4.78 is 2.00. The molecule has 0 saturated heterocycles. The summed E-state index contributed by atoms with van der Waals surface area (Å²) in [5, 5.41) is 9.38. The summed E-state index contributed by atoms with van der Waals surface area (Å²) in [5.41, 5.74) is 1.89. The molecule has 0 radical (unpaired) electrons. The highest BCUT2D eigenvalue weighted by molar-refractivity contribution is 7.99. The van der Waals surface area contributed by atoms with Crippen LogP contribution in [0.3, 0.4) is 0 Å². The maximum atomic E-state index is 4.30. The van der Waals surface area contributed by atoms with Gasteiger partial charge in [0, 0.05) is 24.7 Å². The molecule has 0 atom stereocenters. The number of benzene rings is 1. The van der Waals surface area contributed by atoms with Crippen LogP contribution in [-0.2, 0) is 6.54 Å². The Kier molecular flexibility index (Phi) is 5.52. The molecule has 2 heterocycles. The Labute approximate surface area is 145 Å². The zero-order valence-corrected chi connectivity index (χ0v) is 13.9. The molecular formula is C18H17N5S. The van der Waals surface area contributed by atoms with Gasteiger partial charge in [-0.05, 0) is 5.56 Å². The van der Waals surface area contributed by atoms with E-state index in [4.69, 9.17) is 0 Å². The van der Waals surface area contributed by atoms with Crippen molar-refractivity contribution in [2.45, 2.75) is 11.7 Å². The Hall–Kier alpha value is -2.73. The Bertz CT molecular complexity index is 812. The Morgan fingerprint density at radius 1 is 1.12 bits per heavy atom. The van der Waals surface area contributed by atoms with Crippen molar-refractivity contribution in [3.63, 3.8) is 0 Å². The maximum absolute atomic E-state index is 4.30. The van der Waals surface area contributed by atoms with Crippen LogP contribution in [0.25, 0.3) is 17.6 Å². The van der Waals surface area contributed by atoms with E-state index in [9.17, 15) is 0 Å². The van der Waals surface area contributed by atoms with Gasteiger partial charge in [-0.3, -0.25) is 9.55 Å². The third kappa shape index (κ3) is 3.97. The topological polar surface area (TPSA) is 56.5 Å². The lowest BCUT2D eigenvalue weighted by molar-refractivity contribution is 0.730. The van der Waals surface area contributed by atoms with E-state index in [1.165, 1.54) is 5.56 Å². The first-order valence-corrected chi connectivity index (χ1v) is 8.52. The standard InChI is InChI=1S/C18H17N5S/c1-2-12-23-17(16-14-19-10-11-20-16)21-22-18(23)24-13-6-9-15-7-4-3-5-8-15/h2-11,14H,1,12-13H2/b9-6+. The van der Waals surface area contributed by atoms with E-state index in [0.717, 1.165) is 10.9 Å². The lowest BCUT2D eigenvalue weighted by Gasteiger charge is -2.05. The second-order valence-electron chi connectivity index (χ2n) is 4.92. The number of rotatable bonds is 7. The SMILES string of the molecule is C=CCn1c(SC/C=C/c2ccccc2)nnc1-c1cnccn1. The van der Waals surface area contributed by atoms with Crippen molar-refractivity contribution in [3.05, 3.63) is 73.2 Å². The van der Waals surface area contributed by atoms with Crippen LogP contribution in [0.2, 0.25) is 0 Å². The summed E-state index contributed by atoms with van der Waals surface area (Å²) in [7, 11) is 0. The van der Waals surface area contributed by atoms with E-state index in [2.05, 4.69) is 51.0 Å². The van der Waals surface area contributed by atoms with Crippen molar-refractivity contribution in [1.29, 1.82) is 0 Å². The third-order valence-electron chi connectivity index (χ3n) is 3.24. The van der Waals surface area contributed by atoms with Crippen LogP contribution in [-0.4, -0.2) is 30.5 Å². The second-order valence-corrected chi connectivity index (χ2v) is 5.91. The van der Waals surface area contributed by atoms with Crippen LogP contribution < -0.4 is 0 Å². The van der Waals surface area contributed by atoms with E-state index in [-0.39, 0.29) is 0 Å². The Morgan fingerprint density at radius 3 is 2.75 bits per heavy atom. The Morgan fingerprint density at radius 2 is 2.00 bits per heavy atom.